The summed E-state index contributed by atoms with van der Waals surface area (Å²) in [7, 11) is 0. The van der Waals surface area contributed by atoms with Crippen LogP contribution in [0.1, 0.15) is 35.1 Å². The maximum absolute atomic E-state index is 4.91. The Kier molecular flexibility index (Phi) is 2.76. The molecule has 0 spiro atoms. The number of hydrogen-bond acceptors (Lipinski definition) is 4. The molecule has 1 N–H and O–H groups in total. The summed E-state index contributed by atoms with van der Waals surface area (Å²) in [5.74, 6) is 1.28. The molecule has 0 amide bonds. The van der Waals surface area contributed by atoms with Gasteiger partial charge >= 0.3 is 0 Å². The van der Waals surface area contributed by atoms with Crippen molar-refractivity contribution < 1.29 is 0 Å². The average molecular weight is 302 g/mol. The highest BCUT2D eigenvalue weighted by Gasteiger charge is 2.34. The molecule has 2 atom stereocenters. The average Bonchev–Trinajstić information content (AvgIpc) is 2.83. The van der Waals surface area contributed by atoms with Crippen LogP contribution in [0.3, 0.4) is 0 Å². The standard InChI is InChI=1S/C19H18N4/c1-11-19(12-3-2-4-20-8-12)23-18-7-16-14-5-13(9-21-10-14)15(16)6-17(18)22-11/h2-4,6-8,13-14,21H,5,9-10H2,1H3. The zero-order valence-corrected chi connectivity index (χ0v) is 13.1. The number of fused-ring (bicyclic) bond motifs is 6. The smallest absolute Gasteiger partial charge is 0.0937 e. The Morgan fingerprint density at radius 1 is 1.04 bits per heavy atom. The molecule has 3 heterocycles. The van der Waals surface area contributed by atoms with E-state index in [1.54, 1.807) is 6.20 Å². The molecule has 1 aliphatic heterocycles. The molecule has 3 aromatic rings. The Morgan fingerprint density at radius 3 is 2.48 bits per heavy atom. The third-order valence-corrected chi connectivity index (χ3v) is 5.21. The van der Waals surface area contributed by atoms with Crippen LogP contribution < -0.4 is 5.32 Å². The summed E-state index contributed by atoms with van der Waals surface area (Å²) in [6, 6.07) is 8.53. The van der Waals surface area contributed by atoms with E-state index in [0.29, 0.717) is 11.8 Å². The number of piperidine rings is 1. The van der Waals surface area contributed by atoms with Crippen LogP contribution in [0.15, 0.2) is 36.7 Å². The van der Waals surface area contributed by atoms with Gasteiger partial charge < -0.3 is 5.32 Å². The van der Waals surface area contributed by atoms with Gasteiger partial charge in [0, 0.05) is 31.0 Å². The fourth-order valence-corrected chi connectivity index (χ4v) is 4.12. The largest absolute Gasteiger partial charge is 0.316 e. The molecule has 114 valence electrons. The third-order valence-electron chi connectivity index (χ3n) is 5.21. The van der Waals surface area contributed by atoms with Gasteiger partial charge in [-0.2, -0.15) is 0 Å². The first kappa shape index (κ1) is 13.1. The lowest BCUT2D eigenvalue weighted by Gasteiger charge is -2.19. The lowest BCUT2D eigenvalue weighted by Crippen LogP contribution is -2.28. The van der Waals surface area contributed by atoms with Crippen molar-refractivity contribution in [3.05, 3.63) is 53.5 Å². The van der Waals surface area contributed by atoms with Crippen LogP contribution in [0.4, 0.5) is 0 Å². The number of aromatic nitrogens is 3. The number of benzene rings is 1. The van der Waals surface area contributed by atoms with Gasteiger partial charge in [-0.3, -0.25) is 4.98 Å². The topological polar surface area (TPSA) is 50.7 Å². The van der Waals surface area contributed by atoms with Gasteiger partial charge in [0.1, 0.15) is 0 Å². The molecule has 2 aliphatic rings. The second kappa shape index (κ2) is 4.83. The van der Waals surface area contributed by atoms with E-state index in [1.165, 1.54) is 17.5 Å². The minimum Gasteiger partial charge on any atom is -0.316 e. The van der Waals surface area contributed by atoms with Crippen LogP contribution in [-0.4, -0.2) is 28.0 Å². The Balaban J connectivity index is 1.72. The van der Waals surface area contributed by atoms with Gasteiger partial charge in [0.25, 0.3) is 0 Å². The molecule has 5 rings (SSSR count). The number of rotatable bonds is 1. The van der Waals surface area contributed by atoms with Crippen LogP contribution in [0.2, 0.25) is 0 Å². The lowest BCUT2D eigenvalue weighted by atomic mass is 9.98. The molecule has 0 saturated carbocycles. The van der Waals surface area contributed by atoms with Gasteiger partial charge in [0.05, 0.1) is 22.4 Å². The molecule has 4 nitrogen and oxygen atoms in total. The molecule has 0 radical (unpaired) electrons. The van der Waals surface area contributed by atoms with Crippen LogP contribution in [0.5, 0.6) is 0 Å². The Morgan fingerprint density at radius 2 is 1.78 bits per heavy atom. The lowest BCUT2D eigenvalue weighted by molar-refractivity contribution is 0.454. The fraction of sp³-hybridized carbons (Fsp3) is 0.316. The molecular weight excluding hydrogens is 284 g/mol. The second-order valence-corrected chi connectivity index (χ2v) is 6.66. The summed E-state index contributed by atoms with van der Waals surface area (Å²) in [6.45, 7) is 4.21. The number of nitrogens with zero attached hydrogens (tertiary/aromatic N) is 3. The predicted octanol–water partition coefficient (Wildman–Crippen LogP) is 3.17. The van der Waals surface area contributed by atoms with Crippen molar-refractivity contribution >= 4 is 11.0 Å². The van der Waals surface area contributed by atoms with E-state index in [1.807, 2.05) is 25.3 Å². The van der Waals surface area contributed by atoms with Crippen molar-refractivity contribution in [1.82, 2.24) is 20.3 Å². The molecule has 2 bridgehead atoms. The van der Waals surface area contributed by atoms with Crippen molar-refractivity contribution in [2.45, 2.75) is 25.2 Å². The molecule has 4 heteroatoms. The number of aryl methyl sites for hydroxylation is 1. The normalized spacial score (nSPS) is 22.3. The van der Waals surface area contributed by atoms with E-state index in [4.69, 9.17) is 9.97 Å². The van der Waals surface area contributed by atoms with Gasteiger partial charge in [-0.15, -0.1) is 0 Å². The highest BCUT2D eigenvalue weighted by molar-refractivity contribution is 5.81. The molecule has 23 heavy (non-hydrogen) atoms. The zero-order valence-electron chi connectivity index (χ0n) is 13.1. The molecule has 1 saturated heterocycles. The van der Waals surface area contributed by atoms with Crippen molar-refractivity contribution in [3.63, 3.8) is 0 Å². The molecular formula is C19H18N4. The van der Waals surface area contributed by atoms with Crippen LogP contribution in [0, 0.1) is 6.92 Å². The van der Waals surface area contributed by atoms with Crippen LogP contribution in [-0.2, 0) is 0 Å². The molecule has 1 aromatic carbocycles. The highest BCUT2D eigenvalue weighted by Crippen LogP contribution is 2.44. The highest BCUT2D eigenvalue weighted by atomic mass is 14.9. The summed E-state index contributed by atoms with van der Waals surface area (Å²) in [4.78, 5) is 14.0. The number of pyridine rings is 1. The maximum Gasteiger partial charge on any atom is 0.0937 e. The van der Waals surface area contributed by atoms with Crippen molar-refractivity contribution in [2.24, 2.45) is 0 Å². The van der Waals surface area contributed by atoms with Gasteiger partial charge in [0.2, 0.25) is 0 Å². The quantitative estimate of drug-likeness (QED) is 0.750. The molecule has 2 aromatic heterocycles. The van der Waals surface area contributed by atoms with Crippen LogP contribution in [0.25, 0.3) is 22.3 Å². The van der Waals surface area contributed by atoms with Gasteiger partial charge in [-0.1, -0.05) is 0 Å². The van der Waals surface area contributed by atoms with E-state index in [9.17, 15) is 0 Å². The summed E-state index contributed by atoms with van der Waals surface area (Å²) >= 11 is 0. The minimum atomic E-state index is 0.637. The van der Waals surface area contributed by atoms with Gasteiger partial charge in [-0.05, 0) is 60.6 Å². The van der Waals surface area contributed by atoms with Crippen LogP contribution >= 0.6 is 0 Å². The molecule has 1 aliphatic carbocycles. The summed E-state index contributed by atoms with van der Waals surface area (Å²) < 4.78 is 0. The maximum atomic E-state index is 4.91. The van der Waals surface area contributed by atoms with E-state index < -0.39 is 0 Å². The van der Waals surface area contributed by atoms with Crippen molar-refractivity contribution in [1.29, 1.82) is 0 Å². The third kappa shape index (κ3) is 1.98. The first-order valence-corrected chi connectivity index (χ1v) is 8.23. The Labute approximate surface area is 135 Å². The van der Waals surface area contributed by atoms with E-state index in [2.05, 4.69) is 22.4 Å². The first-order valence-electron chi connectivity index (χ1n) is 8.23. The van der Waals surface area contributed by atoms with Crippen molar-refractivity contribution in [3.8, 4) is 11.3 Å². The summed E-state index contributed by atoms with van der Waals surface area (Å²) in [6.07, 6.45) is 4.91. The fourth-order valence-electron chi connectivity index (χ4n) is 4.12. The second-order valence-electron chi connectivity index (χ2n) is 6.66. The minimum absolute atomic E-state index is 0.637. The Bertz CT molecular complexity index is 904. The predicted molar refractivity (Wildman–Crippen MR) is 90.5 cm³/mol. The van der Waals surface area contributed by atoms with E-state index >= 15 is 0 Å². The number of hydrogen-bond donors (Lipinski definition) is 1. The van der Waals surface area contributed by atoms with Crippen molar-refractivity contribution in [2.75, 3.05) is 13.1 Å². The van der Waals surface area contributed by atoms with E-state index in [0.717, 1.165) is 41.1 Å². The Hall–Kier alpha value is -2.33. The molecule has 1 fully saturated rings. The number of nitrogens with one attached hydrogen (secondary N) is 1. The summed E-state index contributed by atoms with van der Waals surface area (Å²) in [5, 5.41) is 3.55. The molecule has 2 unspecified atom stereocenters. The SMILES string of the molecule is Cc1nc2cc3c(cc2nc1-c1cccnc1)C1CNCC3C1. The summed E-state index contributed by atoms with van der Waals surface area (Å²) in [5.41, 5.74) is 7.90. The van der Waals surface area contributed by atoms with Gasteiger partial charge in [-0.25, -0.2) is 9.97 Å². The first-order chi connectivity index (χ1) is 11.3. The van der Waals surface area contributed by atoms with Gasteiger partial charge in [0.15, 0.2) is 0 Å². The zero-order chi connectivity index (χ0) is 15.4. The van der Waals surface area contributed by atoms with E-state index in [-0.39, 0.29) is 0 Å². The monoisotopic (exact) mass is 302 g/mol.